The molecule has 0 aromatic carbocycles. The monoisotopic (exact) mass is 240 g/mol. The molecule has 0 radical (unpaired) electrons. The zero-order valence-electron chi connectivity index (χ0n) is 11.5. The van der Waals surface area contributed by atoms with Gasteiger partial charge in [0.05, 0.1) is 6.61 Å². The van der Waals surface area contributed by atoms with Crippen molar-refractivity contribution in [2.75, 3.05) is 39.4 Å². The number of nitrogens with one attached hydrogen (secondary N) is 1. The molecule has 0 aliphatic carbocycles. The molecule has 0 bridgehead atoms. The molecule has 17 heavy (non-hydrogen) atoms. The van der Waals surface area contributed by atoms with Crippen LogP contribution < -0.4 is 5.32 Å². The minimum absolute atomic E-state index is 0.612. The Bertz CT molecular complexity index is 208. The molecule has 2 aliphatic rings. The van der Waals surface area contributed by atoms with Crippen LogP contribution in [0.2, 0.25) is 0 Å². The van der Waals surface area contributed by atoms with Crippen molar-refractivity contribution in [2.45, 2.75) is 39.2 Å². The third kappa shape index (κ3) is 4.23. The summed E-state index contributed by atoms with van der Waals surface area (Å²) in [4.78, 5) is 2.60. The summed E-state index contributed by atoms with van der Waals surface area (Å²) < 4.78 is 5.44. The summed E-state index contributed by atoms with van der Waals surface area (Å²) in [6.07, 6.45) is 3.99. The van der Waals surface area contributed by atoms with E-state index in [0.717, 1.165) is 31.6 Å². The van der Waals surface area contributed by atoms with Crippen LogP contribution in [0, 0.1) is 11.8 Å². The average Bonchev–Trinajstić information content (AvgIpc) is 2.85. The van der Waals surface area contributed by atoms with Gasteiger partial charge in [0.1, 0.15) is 0 Å². The average molecular weight is 240 g/mol. The van der Waals surface area contributed by atoms with Gasteiger partial charge in [-0.05, 0) is 51.1 Å². The second-order valence-electron chi connectivity index (χ2n) is 5.89. The maximum Gasteiger partial charge on any atom is 0.0509 e. The molecule has 2 heterocycles. The zero-order chi connectivity index (χ0) is 12.1. The highest BCUT2D eigenvalue weighted by Crippen LogP contribution is 2.17. The first-order chi connectivity index (χ1) is 8.25. The molecule has 0 amide bonds. The minimum atomic E-state index is 0.612. The van der Waals surface area contributed by atoms with Crippen molar-refractivity contribution in [3.63, 3.8) is 0 Å². The van der Waals surface area contributed by atoms with Crippen molar-refractivity contribution < 1.29 is 4.74 Å². The first kappa shape index (κ1) is 13.3. The lowest BCUT2D eigenvalue weighted by Gasteiger charge is -2.31. The highest BCUT2D eigenvalue weighted by Gasteiger charge is 2.22. The predicted molar refractivity (Wildman–Crippen MR) is 71.2 cm³/mol. The fourth-order valence-corrected chi connectivity index (χ4v) is 2.85. The number of rotatable bonds is 5. The Kier molecular flexibility index (Phi) is 5.26. The smallest absolute Gasteiger partial charge is 0.0509 e. The van der Waals surface area contributed by atoms with E-state index in [1.807, 2.05) is 0 Å². The Morgan fingerprint density at radius 3 is 2.71 bits per heavy atom. The fraction of sp³-hybridized carbons (Fsp3) is 1.00. The summed E-state index contributed by atoms with van der Waals surface area (Å²) in [5, 5.41) is 3.66. The van der Waals surface area contributed by atoms with Gasteiger partial charge in [-0.1, -0.05) is 6.92 Å². The highest BCUT2D eigenvalue weighted by molar-refractivity contribution is 4.77. The molecule has 1 N–H and O–H groups in total. The van der Waals surface area contributed by atoms with E-state index in [1.165, 1.54) is 38.9 Å². The van der Waals surface area contributed by atoms with E-state index < -0.39 is 0 Å². The van der Waals surface area contributed by atoms with E-state index in [-0.39, 0.29) is 0 Å². The van der Waals surface area contributed by atoms with Crippen LogP contribution in [0.3, 0.4) is 0 Å². The molecule has 2 rings (SSSR count). The lowest BCUT2D eigenvalue weighted by Crippen LogP contribution is -2.41. The van der Waals surface area contributed by atoms with Gasteiger partial charge in [-0.25, -0.2) is 0 Å². The van der Waals surface area contributed by atoms with Gasteiger partial charge in [0.15, 0.2) is 0 Å². The van der Waals surface area contributed by atoms with E-state index in [2.05, 4.69) is 24.1 Å². The lowest BCUT2D eigenvalue weighted by molar-refractivity contribution is 0.173. The Labute approximate surface area is 106 Å². The van der Waals surface area contributed by atoms with Gasteiger partial charge in [-0.3, -0.25) is 0 Å². The van der Waals surface area contributed by atoms with Crippen molar-refractivity contribution in [3.05, 3.63) is 0 Å². The molecule has 2 saturated heterocycles. The predicted octanol–water partition coefficient (Wildman–Crippen LogP) is 1.73. The van der Waals surface area contributed by atoms with Crippen LogP contribution in [0.1, 0.15) is 33.1 Å². The number of piperidine rings is 1. The Morgan fingerprint density at radius 1 is 1.29 bits per heavy atom. The third-order valence-corrected chi connectivity index (χ3v) is 4.44. The van der Waals surface area contributed by atoms with E-state index in [1.54, 1.807) is 0 Å². The van der Waals surface area contributed by atoms with Crippen molar-refractivity contribution in [1.29, 1.82) is 0 Å². The summed E-state index contributed by atoms with van der Waals surface area (Å²) in [7, 11) is 0. The Balaban J connectivity index is 1.56. The van der Waals surface area contributed by atoms with Gasteiger partial charge in [0, 0.05) is 25.7 Å². The molecule has 2 unspecified atom stereocenters. The molecule has 100 valence electrons. The van der Waals surface area contributed by atoms with Crippen LogP contribution in [0.4, 0.5) is 0 Å². The molecule has 0 aromatic rings. The highest BCUT2D eigenvalue weighted by atomic mass is 16.5. The number of hydrogen-bond donors (Lipinski definition) is 1. The van der Waals surface area contributed by atoms with Crippen molar-refractivity contribution in [1.82, 2.24) is 10.2 Å². The normalized spacial score (nSPS) is 29.6. The summed E-state index contributed by atoms with van der Waals surface area (Å²) >= 11 is 0. The van der Waals surface area contributed by atoms with E-state index in [4.69, 9.17) is 4.74 Å². The molecular weight excluding hydrogens is 212 g/mol. The van der Waals surface area contributed by atoms with Crippen molar-refractivity contribution >= 4 is 0 Å². The molecule has 2 fully saturated rings. The van der Waals surface area contributed by atoms with Crippen LogP contribution in [-0.4, -0.2) is 50.3 Å². The minimum Gasteiger partial charge on any atom is -0.381 e. The Morgan fingerprint density at radius 2 is 2.06 bits per heavy atom. The maximum absolute atomic E-state index is 5.44. The van der Waals surface area contributed by atoms with Gasteiger partial charge in [-0.15, -0.1) is 0 Å². The summed E-state index contributed by atoms with van der Waals surface area (Å²) in [6, 6.07) is 0.612. The number of likely N-dealkylation sites (tertiary alicyclic amines) is 1. The van der Waals surface area contributed by atoms with Crippen molar-refractivity contribution in [3.8, 4) is 0 Å². The summed E-state index contributed by atoms with van der Waals surface area (Å²) in [5.74, 6) is 1.67. The first-order valence-corrected chi connectivity index (χ1v) is 7.29. The van der Waals surface area contributed by atoms with E-state index in [0.29, 0.717) is 6.04 Å². The Hall–Kier alpha value is -0.120. The summed E-state index contributed by atoms with van der Waals surface area (Å²) in [5.41, 5.74) is 0. The molecular formula is C14H28N2O. The summed E-state index contributed by atoms with van der Waals surface area (Å²) in [6.45, 7) is 11.5. The molecule has 2 aliphatic heterocycles. The quantitative estimate of drug-likeness (QED) is 0.792. The van der Waals surface area contributed by atoms with E-state index >= 15 is 0 Å². The van der Waals surface area contributed by atoms with Crippen LogP contribution in [-0.2, 0) is 4.74 Å². The van der Waals surface area contributed by atoms with Gasteiger partial charge in [-0.2, -0.15) is 0 Å². The largest absolute Gasteiger partial charge is 0.381 e. The molecule has 0 spiro atoms. The van der Waals surface area contributed by atoms with Crippen LogP contribution in [0.5, 0.6) is 0 Å². The van der Waals surface area contributed by atoms with Crippen LogP contribution in [0.15, 0.2) is 0 Å². The molecule has 2 atom stereocenters. The number of nitrogens with zero attached hydrogens (tertiary/aromatic N) is 1. The maximum atomic E-state index is 5.44. The third-order valence-electron chi connectivity index (χ3n) is 4.44. The zero-order valence-corrected chi connectivity index (χ0v) is 11.5. The fourth-order valence-electron chi connectivity index (χ4n) is 2.85. The second-order valence-corrected chi connectivity index (χ2v) is 5.89. The lowest BCUT2D eigenvalue weighted by atomic mass is 9.99. The standard InChI is InChI=1S/C14H28N2O/c1-12-3-7-16(8-4-12)9-6-15-13(2)14-5-10-17-11-14/h12-15H,3-11H2,1-2H3. The topological polar surface area (TPSA) is 24.5 Å². The molecule has 0 aromatic heterocycles. The van der Waals surface area contributed by atoms with Crippen LogP contribution >= 0.6 is 0 Å². The molecule has 0 saturated carbocycles. The van der Waals surface area contributed by atoms with E-state index in [9.17, 15) is 0 Å². The van der Waals surface area contributed by atoms with Crippen molar-refractivity contribution in [2.24, 2.45) is 11.8 Å². The van der Waals surface area contributed by atoms with Gasteiger partial charge >= 0.3 is 0 Å². The first-order valence-electron chi connectivity index (χ1n) is 7.29. The second kappa shape index (κ2) is 6.72. The molecule has 3 nitrogen and oxygen atoms in total. The SMILES string of the molecule is CC1CCN(CCNC(C)C2CCOC2)CC1. The van der Waals surface area contributed by atoms with Gasteiger partial charge < -0.3 is 15.0 Å². The number of hydrogen-bond acceptors (Lipinski definition) is 3. The number of ether oxygens (including phenoxy) is 1. The van der Waals surface area contributed by atoms with Gasteiger partial charge in [0.25, 0.3) is 0 Å². The molecule has 3 heteroatoms. The van der Waals surface area contributed by atoms with Crippen LogP contribution in [0.25, 0.3) is 0 Å². The van der Waals surface area contributed by atoms with Gasteiger partial charge in [0.2, 0.25) is 0 Å².